The number of aliphatic hydroxyl groups excluding tert-OH is 7. The number of benzene rings is 2. The Kier molecular flexibility index (Phi) is 8.06. The monoisotopic (exact) mass is 594 g/mol. The van der Waals surface area contributed by atoms with E-state index in [1.807, 2.05) is 0 Å². The molecule has 3 heterocycles. The van der Waals surface area contributed by atoms with Crippen LogP contribution in [-0.2, 0) is 9.47 Å². The van der Waals surface area contributed by atoms with Crippen LogP contribution in [0.5, 0.6) is 23.0 Å². The quantitative estimate of drug-likeness (QED) is 0.157. The normalized spacial score (nSPS) is 31.8. The highest BCUT2D eigenvalue weighted by Crippen LogP contribution is 2.50. The van der Waals surface area contributed by atoms with Crippen molar-refractivity contribution in [2.45, 2.75) is 54.9 Å². The Bertz CT molecular complexity index is 1530. The molecule has 0 spiro atoms. The van der Waals surface area contributed by atoms with E-state index >= 15 is 0 Å². The topological polar surface area (TPSA) is 260 Å². The zero-order valence-electron chi connectivity index (χ0n) is 21.9. The van der Waals surface area contributed by atoms with Gasteiger partial charge in [-0.1, -0.05) is 0 Å². The van der Waals surface area contributed by atoms with Crippen LogP contribution in [0.15, 0.2) is 33.5 Å². The number of phenolic OH excluding ortho intramolecular Hbond substituents is 3. The molecular weight excluding hydrogens is 564 g/mol. The summed E-state index contributed by atoms with van der Waals surface area (Å²) in [5, 5.41) is 104. The van der Waals surface area contributed by atoms with Gasteiger partial charge in [-0.05, 0) is 18.2 Å². The summed E-state index contributed by atoms with van der Waals surface area (Å²) < 4.78 is 22.1. The average Bonchev–Trinajstić information content (AvgIpc) is 2.96. The number of hydrogen-bond acceptors (Lipinski definition) is 15. The van der Waals surface area contributed by atoms with Crippen molar-refractivity contribution in [2.24, 2.45) is 0 Å². The summed E-state index contributed by atoms with van der Waals surface area (Å²) in [6.45, 7) is -1.36. The molecule has 0 amide bonds. The first-order valence-corrected chi connectivity index (χ1v) is 12.8. The first-order valence-electron chi connectivity index (χ1n) is 12.8. The number of ether oxygens (including phenoxy) is 3. The molecule has 2 aliphatic rings. The molecule has 2 saturated heterocycles. The van der Waals surface area contributed by atoms with E-state index in [2.05, 4.69) is 0 Å². The Morgan fingerprint density at radius 2 is 1.55 bits per heavy atom. The second kappa shape index (κ2) is 11.3. The van der Waals surface area contributed by atoms with Crippen LogP contribution in [0.2, 0.25) is 0 Å². The first-order chi connectivity index (χ1) is 19.9. The number of phenols is 3. The summed E-state index contributed by atoms with van der Waals surface area (Å²) in [6.07, 6.45) is -15.9. The summed E-state index contributed by atoms with van der Waals surface area (Å²) in [5.41, 5.74) is -2.35. The molecule has 0 unspecified atom stereocenters. The number of aromatic hydroxyl groups is 3. The van der Waals surface area contributed by atoms with Crippen molar-refractivity contribution in [3.05, 3.63) is 45.6 Å². The predicted octanol–water partition coefficient (Wildman–Crippen LogP) is -1.75. The molecule has 2 fully saturated rings. The molecule has 0 aliphatic carbocycles. The molecule has 2 aromatic carbocycles. The maximum Gasteiger partial charge on any atom is 0.197 e. The molecule has 10 N–H and O–H groups in total. The molecule has 9 atom stereocenters. The van der Waals surface area contributed by atoms with Crippen molar-refractivity contribution in [3.8, 4) is 34.3 Å². The Morgan fingerprint density at radius 3 is 2.21 bits per heavy atom. The Balaban J connectivity index is 1.80. The van der Waals surface area contributed by atoms with Crippen molar-refractivity contribution in [1.29, 1.82) is 0 Å². The maximum atomic E-state index is 13.5. The minimum atomic E-state index is -2.00. The van der Waals surface area contributed by atoms with Crippen LogP contribution in [0.4, 0.5) is 0 Å². The Labute approximate surface area is 236 Å². The van der Waals surface area contributed by atoms with Crippen LogP contribution < -0.4 is 10.2 Å². The predicted molar refractivity (Wildman–Crippen MR) is 139 cm³/mol. The van der Waals surface area contributed by atoms with Gasteiger partial charge in [0.2, 0.25) is 0 Å². The third kappa shape index (κ3) is 4.74. The van der Waals surface area contributed by atoms with E-state index < -0.39 is 107 Å². The lowest BCUT2D eigenvalue weighted by Crippen LogP contribution is -2.55. The molecule has 15 heteroatoms. The number of aliphatic hydroxyl groups is 7. The van der Waals surface area contributed by atoms with Crippen LogP contribution >= 0.6 is 0 Å². The molecule has 0 bridgehead atoms. The van der Waals surface area contributed by atoms with Crippen molar-refractivity contribution in [3.63, 3.8) is 0 Å². The van der Waals surface area contributed by atoms with Gasteiger partial charge in [-0.2, -0.15) is 0 Å². The van der Waals surface area contributed by atoms with Crippen molar-refractivity contribution < 1.29 is 69.7 Å². The lowest BCUT2D eigenvalue weighted by molar-refractivity contribution is -0.232. The zero-order valence-corrected chi connectivity index (χ0v) is 21.9. The lowest BCUT2D eigenvalue weighted by Gasteiger charge is -2.41. The van der Waals surface area contributed by atoms with Gasteiger partial charge in [-0.15, -0.1) is 0 Å². The van der Waals surface area contributed by atoms with Crippen LogP contribution in [0.3, 0.4) is 0 Å². The molecule has 5 rings (SSSR count). The third-order valence-electron chi connectivity index (χ3n) is 7.62. The summed E-state index contributed by atoms with van der Waals surface area (Å²) in [6, 6.07) is 4.97. The Hall–Kier alpha value is -3.51. The molecular formula is C27H30O15. The number of hydrogen-bond donors (Lipinski definition) is 10. The first kappa shape index (κ1) is 30.0. The van der Waals surface area contributed by atoms with E-state index in [0.717, 1.165) is 6.07 Å². The van der Waals surface area contributed by atoms with Gasteiger partial charge >= 0.3 is 0 Å². The fourth-order valence-corrected chi connectivity index (χ4v) is 5.31. The van der Waals surface area contributed by atoms with Crippen LogP contribution in [-0.4, -0.2) is 114 Å². The average molecular weight is 595 g/mol. The van der Waals surface area contributed by atoms with Crippen molar-refractivity contribution in [2.75, 3.05) is 20.3 Å². The third-order valence-corrected chi connectivity index (χ3v) is 7.62. The summed E-state index contributed by atoms with van der Waals surface area (Å²) in [4.78, 5) is 13.5. The second-order valence-corrected chi connectivity index (χ2v) is 10.1. The van der Waals surface area contributed by atoms with Crippen LogP contribution in [0.25, 0.3) is 22.3 Å². The highest BCUT2D eigenvalue weighted by molar-refractivity contribution is 5.92. The molecule has 42 heavy (non-hydrogen) atoms. The molecule has 15 nitrogen and oxygen atoms in total. The molecule has 228 valence electrons. The van der Waals surface area contributed by atoms with Gasteiger partial charge in [0.15, 0.2) is 22.5 Å². The summed E-state index contributed by atoms with van der Waals surface area (Å²) in [5.74, 6) is -2.22. The van der Waals surface area contributed by atoms with E-state index in [-0.39, 0.29) is 22.8 Å². The largest absolute Gasteiger partial charge is 0.507 e. The Morgan fingerprint density at radius 1 is 0.857 bits per heavy atom. The van der Waals surface area contributed by atoms with Gasteiger partial charge in [0, 0.05) is 11.6 Å². The van der Waals surface area contributed by atoms with E-state index in [1.54, 1.807) is 0 Å². The van der Waals surface area contributed by atoms with E-state index in [4.69, 9.17) is 18.6 Å². The van der Waals surface area contributed by atoms with Gasteiger partial charge in [0.1, 0.15) is 77.6 Å². The molecule has 2 aliphatic heterocycles. The van der Waals surface area contributed by atoms with Crippen LogP contribution in [0, 0.1) is 0 Å². The minimum Gasteiger partial charge on any atom is -0.507 e. The van der Waals surface area contributed by atoms with Gasteiger partial charge < -0.3 is 69.7 Å². The highest BCUT2D eigenvalue weighted by Gasteiger charge is 2.48. The molecule has 0 saturated carbocycles. The second-order valence-electron chi connectivity index (χ2n) is 10.1. The van der Waals surface area contributed by atoms with Gasteiger partial charge in [-0.25, -0.2) is 0 Å². The number of methoxy groups -OCH3 is 1. The highest BCUT2D eigenvalue weighted by atomic mass is 16.5. The molecule has 1 aromatic heterocycles. The summed E-state index contributed by atoms with van der Waals surface area (Å²) in [7, 11) is 1.30. The molecule has 0 radical (unpaired) electrons. The van der Waals surface area contributed by atoms with E-state index in [9.17, 15) is 55.9 Å². The molecule has 3 aromatic rings. The van der Waals surface area contributed by atoms with Gasteiger partial charge in [0.25, 0.3) is 0 Å². The minimum absolute atomic E-state index is 0.0299. The fraction of sp³-hybridized carbons (Fsp3) is 0.444. The fourth-order valence-electron chi connectivity index (χ4n) is 5.31. The smallest absolute Gasteiger partial charge is 0.197 e. The number of fused-ring (bicyclic) bond motifs is 1. The zero-order chi connectivity index (χ0) is 30.6. The van der Waals surface area contributed by atoms with Crippen molar-refractivity contribution in [1.82, 2.24) is 0 Å². The maximum absolute atomic E-state index is 13.5. The summed E-state index contributed by atoms with van der Waals surface area (Å²) >= 11 is 0. The van der Waals surface area contributed by atoms with E-state index in [1.165, 1.54) is 25.3 Å². The SMILES string of the molecule is COc1cc(-c2cc(=O)c3c(O)c([C@H]4O[C@@H](CO)[C@@H](O)[C@@H](O)[C@@H]4O)c(O)c([C@H]4OC[C@H](O)[C@@H](O)[C@H]4O)c3o2)ccc1O. The van der Waals surface area contributed by atoms with Gasteiger partial charge in [-0.3, -0.25) is 4.79 Å². The van der Waals surface area contributed by atoms with E-state index in [0.29, 0.717) is 0 Å². The van der Waals surface area contributed by atoms with Crippen molar-refractivity contribution >= 4 is 11.0 Å². The standard InChI is InChI=1S/C27H30O15/c1-39-13-4-8(2-3-9(13)29)12-5-10(30)15-20(34)16(27-24(38)22(36)19(33)14(6-28)42-27)21(35)17(25(15)41-12)26-23(37)18(32)11(31)7-40-26/h2-5,11,14,18-19,22-24,26-29,31-38H,6-7H2,1H3/t11-,14-,18+,19+,22+,23+,24-,26+,27+/m0/s1. The van der Waals surface area contributed by atoms with Gasteiger partial charge in [0.05, 0.1) is 31.5 Å². The lowest BCUT2D eigenvalue weighted by atomic mass is 9.85. The van der Waals surface area contributed by atoms with Crippen LogP contribution in [0.1, 0.15) is 23.3 Å². The number of rotatable bonds is 5.